The van der Waals surface area contributed by atoms with Crippen molar-refractivity contribution in [3.8, 4) is 6.07 Å². The quantitative estimate of drug-likeness (QED) is 0.702. The zero-order chi connectivity index (χ0) is 21.2. The normalized spacial score (nSPS) is 18.2. The van der Waals surface area contributed by atoms with Gasteiger partial charge >= 0.3 is 0 Å². The van der Waals surface area contributed by atoms with Gasteiger partial charge in [0.1, 0.15) is 0 Å². The Hall–Kier alpha value is -3.13. The molecule has 5 heteroatoms. The molecular weight excluding hydrogens is 374 g/mol. The maximum atomic E-state index is 12.7. The van der Waals surface area contributed by atoms with Gasteiger partial charge in [0, 0.05) is 31.1 Å². The summed E-state index contributed by atoms with van der Waals surface area (Å²) in [6.45, 7) is 0.338. The van der Waals surface area contributed by atoms with E-state index in [9.17, 15) is 9.59 Å². The molecule has 30 heavy (non-hydrogen) atoms. The van der Waals surface area contributed by atoms with Crippen molar-refractivity contribution in [1.82, 2.24) is 5.32 Å². The molecule has 0 radical (unpaired) electrons. The molecule has 0 atom stereocenters. The van der Waals surface area contributed by atoms with E-state index in [4.69, 9.17) is 5.26 Å². The average molecular weight is 404 g/mol. The summed E-state index contributed by atoms with van der Waals surface area (Å²) < 4.78 is 0. The van der Waals surface area contributed by atoms with Crippen molar-refractivity contribution in [2.75, 3.05) is 11.4 Å². The van der Waals surface area contributed by atoms with Gasteiger partial charge in [0.25, 0.3) is 0 Å². The summed E-state index contributed by atoms with van der Waals surface area (Å²) in [4.78, 5) is 26.7. The molecule has 1 aliphatic rings. The number of carbonyl (C=O) groups excluding carboxylic acids is 2. The zero-order valence-electron chi connectivity index (χ0n) is 17.3. The number of hydrogen-bond acceptors (Lipinski definition) is 3. The molecule has 0 unspecified atom stereocenters. The summed E-state index contributed by atoms with van der Waals surface area (Å²) >= 11 is 0. The van der Waals surface area contributed by atoms with E-state index in [1.54, 1.807) is 4.90 Å². The van der Waals surface area contributed by atoms with Crippen molar-refractivity contribution in [2.45, 2.75) is 56.9 Å². The van der Waals surface area contributed by atoms with Gasteiger partial charge in [0.05, 0.1) is 12.5 Å². The Morgan fingerprint density at radius 1 is 0.933 bits per heavy atom. The molecule has 0 saturated heterocycles. The second-order valence-corrected chi connectivity index (χ2v) is 7.82. The first-order valence-electron chi connectivity index (χ1n) is 10.7. The number of rotatable bonds is 8. The van der Waals surface area contributed by atoms with Crippen LogP contribution in [0.5, 0.6) is 0 Å². The Morgan fingerprint density at radius 3 is 2.20 bits per heavy atom. The molecular formula is C25H29N3O2. The lowest BCUT2D eigenvalue weighted by molar-refractivity contribution is -0.125. The molecule has 1 aliphatic carbocycles. The van der Waals surface area contributed by atoms with Crippen LogP contribution in [0.25, 0.3) is 0 Å². The predicted molar refractivity (Wildman–Crippen MR) is 118 cm³/mol. The van der Waals surface area contributed by atoms with E-state index in [0.717, 1.165) is 31.4 Å². The van der Waals surface area contributed by atoms with Crippen LogP contribution in [0.1, 0.15) is 56.4 Å². The van der Waals surface area contributed by atoms with E-state index >= 15 is 0 Å². The van der Waals surface area contributed by atoms with Crippen LogP contribution in [0.3, 0.4) is 0 Å². The molecule has 0 aromatic heterocycles. The summed E-state index contributed by atoms with van der Waals surface area (Å²) in [5.41, 5.74) is 2.14. The summed E-state index contributed by atoms with van der Waals surface area (Å²) in [5, 5.41) is 12.0. The van der Waals surface area contributed by atoms with Crippen LogP contribution in [-0.2, 0) is 9.59 Å². The Bertz CT molecular complexity index is 853. The monoisotopic (exact) mass is 403 g/mol. The third kappa shape index (κ3) is 6.18. The maximum Gasteiger partial charge on any atom is 0.227 e. The van der Waals surface area contributed by atoms with Gasteiger partial charge in [-0.1, -0.05) is 48.5 Å². The number of nitrogens with one attached hydrogen (secondary N) is 1. The molecule has 2 aromatic rings. The van der Waals surface area contributed by atoms with Gasteiger partial charge in [0.15, 0.2) is 0 Å². The number of amides is 2. The van der Waals surface area contributed by atoms with Crippen molar-refractivity contribution in [2.24, 2.45) is 0 Å². The highest BCUT2D eigenvalue weighted by Crippen LogP contribution is 2.32. The van der Waals surface area contributed by atoms with E-state index in [1.165, 1.54) is 5.56 Å². The Kier molecular flexibility index (Phi) is 8.02. The number of hydrogen-bond donors (Lipinski definition) is 1. The number of para-hydroxylation sites is 1. The van der Waals surface area contributed by atoms with E-state index in [2.05, 4.69) is 35.7 Å². The first kappa shape index (κ1) is 21.6. The summed E-state index contributed by atoms with van der Waals surface area (Å²) in [6.07, 6.45) is 4.67. The predicted octanol–water partition coefficient (Wildman–Crippen LogP) is 4.56. The van der Waals surface area contributed by atoms with Crippen LogP contribution >= 0.6 is 0 Å². The number of nitriles is 1. The highest BCUT2D eigenvalue weighted by molar-refractivity contribution is 5.95. The Balaban J connectivity index is 1.44. The fraction of sp³-hybridized carbons (Fsp3) is 0.400. The van der Waals surface area contributed by atoms with Crippen molar-refractivity contribution in [3.63, 3.8) is 0 Å². The van der Waals surface area contributed by atoms with Crippen molar-refractivity contribution < 1.29 is 9.59 Å². The van der Waals surface area contributed by atoms with Crippen molar-refractivity contribution in [3.05, 3.63) is 66.2 Å². The summed E-state index contributed by atoms with van der Waals surface area (Å²) in [7, 11) is 0. The van der Waals surface area contributed by atoms with E-state index in [0.29, 0.717) is 12.5 Å². The maximum absolute atomic E-state index is 12.7. The second kappa shape index (κ2) is 11.2. The summed E-state index contributed by atoms with van der Waals surface area (Å²) in [6, 6.07) is 22.1. The fourth-order valence-corrected chi connectivity index (χ4v) is 4.12. The number of carbonyl (C=O) groups is 2. The molecule has 0 heterocycles. The minimum Gasteiger partial charge on any atom is -0.353 e. The van der Waals surface area contributed by atoms with E-state index in [-0.39, 0.29) is 37.1 Å². The molecule has 1 fully saturated rings. The molecule has 0 bridgehead atoms. The third-order valence-corrected chi connectivity index (χ3v) is 5.75. The third-order valence-electron chi connectivity index (χ3n) is 5.75. The van der Waals surface area contributed by atoms with Crippen LogP contribution in [-0.4, -0.2) is 24.4 Å². The molecule has 2 amide bonds. The smallest absolute Gasteiger partial charge is 0.227 e. The molecule has 0 spiro atoms. The van der Waals surface area contributed by atoms with Gasteiger partial charge in [-0.25, -0.2) is 0 Å². The highest BCUT2D eigenvalue weighted by atomic mass is 16.2. The second-order valence-electron chi connectivity index (χ2n) is 7.82. The van der Waals surface area contributed by atoms with Crippen molar-refractivity contribution >= 4 is 17.5 Å². The molecule has 1 N–H and O–H groups in total. The largest absolute Gasteiger partial charge is 0.353 e. The van der Waals surface area contributed by atoms with Crippen LogP contribution in [0, 0.1) is 11.3 Å². The zero-order valence-corrected chi connectivity index (χ0v) is 17.3. The van der Waals surface area contributed by atoms with Gasteiger partial charge in [-0.2, -0.15) is 5.26 Å². The number of anilines is 1. The minimum atomic E-state index is -0.126. The standard InChI is InChI=1S/C25H29N3O2/c26-18-7-19-28(23-10-5-2-6-11-23)25(30)17-16-24(29)27-22-14-12-21(13-15-22)20-8-3-1-4-9-20/h1-6,8-11,21-22H,7,12-17,19H2,(H,27,29). The summed E-state index contributed by atoms with van der Waals surface area (Å²) in [5.74, 6) is 0.375. The number of nitrogens with zero attached hydrogens (tertiary/aromatic N) is 2. The number of benzene rings is 2. The fourth-order valence-electron chi connectivity index (χ4n) is 4.12. The van der Waals surface area contributed by atoms with Gasteiger partial charge < -0.3 is 10.2 Å². The average Bonchev–Trinajstić information content (AvgIpc) is 2.80. The van der Waals surface area contributed by atoms with Gasteiger partial charge in [0.2, 0.25) is 11.8 Å². The SMILES string of the molecule is N#CCCN(C(=O)CCC(=O)NC1CCC(c2ccccc2)CC1)c1ccccc1. The molecule has 156 valence electrons. The lowest BCUT2D eigenvalue weighted by Gasteiger charge is -2.29. The van der Waals surface area contributed by atoms with E-state index < -0.39 is 0 Å². The van der Waals surface area contributed by atoms with Crippen molar-refractivity contribution in [1.29, 1.82) is 5.26 Å². The molecule has 0 aliphatic heterocycles. The molecule has 1 saturated carbocycles. The lowest BCUT2D eigenvalue weighted by Crippen LogP contribution is -2.38. The lowest BCUT2D eigenvalue weighted by atomic mass is 9.82. The Labute approximate surface area is 178 Å². The highest BCUT2D eigenvalue weighted by Gasteiger charge is 2.24. The van der Waals surface area contributed by atoms with Gasteiger partial charge in [-0.3, -0.25) is 9.59 Å². The molecule has 3 rings (SSSR count). The van der Waals surface area contributed by atoms with E-state index in [1.807, 2.05) is 36.4 Å². The molecule has 2 aromatic carbocycles. The van der Waals surface area contributed by atoms with Crippen LogP contribution in [0.2, 0.25) is 0 Å². The first-order valence-corrected chi connectivity index (χ1v) is 10.7. The molecule has 5 nitrogen and oxygen atoms in total. The van der Waals surface area contributed by atoms with Crippen LogP contribution in [0.4, 0.5) is 5.69 Å². The van der Waals surface area contributed by atoms with Gasteiger partial charge in [-0.05, 0) is 49.3 Å². The first-order chi connectivity index (χ1) is 14.7. The van der Waals surface area contributed by atoms with Crippen LogP contribution in [0.15, 0.2) is 60.7 Å². The van der Waals surface area contributed by atoms with Crippen LogP contribution < -0.4 is 10.2 Å². The topological polar surface area (TPSA) is 73.2 Å². The minimum absolute atomic E-state index is 0.0696. The Morgan fingerprint density at radius 2 is 1.57 bits per heavy atom. The van der Waals surface area contributed by atoms with Gasteiger partial charge in [-0.15, -0.1) is 0 Å².